The highest BCUT2D eigenvalue weighted by Crippen LogP contribution is 2.34. The molecule has 0 saturated heterocycles. The Morgan fingerprint density at radius 2 is 2.04 bits per heavy atom. The van der Waals surface area contributed by atoms with Crippen molar-refractivity contribution in [2.45, 2.75) is 38.6 Å². The minimum atomic E-state index is -0.719. The van der Waals surface area contributed by atoms with Crippen LogP contribution in [0.1, 0.15) is 52.8 Å². The molecule has 0 radical (unpaired) electrons. The second-order valence-electron chi connectivity index (χ2n) is 6.87. The Morgan fingerprint density at radius 3 is 2.73 bits per heavy atom. The van der Waals surface area contributed by atoms with E-state index in [1.54, 1.807) is 12.1 Å². The minimum Gasteiger partial charge on any atom is -0.365 e. The molecule has 2 aromatic heterocycles. The van der Waals surface area contributed by atoms with E-state index < -0.39 is 5.91 Å². The standard InChI is InChI=1S/C20H20N4O2/c1-12-9-14(23-20(22-12)13-5-4-6-13)10-24-11-16(19(21)26)18(25)15-7-2-3-8-17(15)24/h2-3,7-9,11,13H,4-6,10H2,1H3,(H2,21,26). The second-order valence-corrected chi connectivity index (χ2v) is 6.87. The maximum Gasteiger partial charge on any atom is 0.254 e. The molecule has 0 unspecified atom stereocenters. The molecule has 0 aliphatic heterocycles. The Bertz CT molecular complexity index is 1070. The van der Waals surface area contributed by atoms with Gasteiger partial charge in [0.05, 0.1) is 17.8 Å². The number of carbonyl (C=O) groups is 1. The number of hydrogen-bond acceptors (Lipinski definition) is 4. The molecule has 6 heteroatoms. The van der Waals surface area contributed by atoms with Crippen LogP contribution < -0.4 is 11.2 Å². The molecule has 132 valence electrons. The average molecular weight is 348 g/mol. The molecule has 2 N–H and O–H groups in total. The van der Waals surface area contributed by atoms with Crippen LogP contribution >= 0.6 is 0 Å². The summed E-state index contributed by atoms with van der Waals surface area (Å²) in [7, 11) is 0. The van der Waals surface area contributed by atoms with Gasteiger partial charge in [-0.3, -0.25) is 9.59 Å². The molecule has 4 rings (SSSR count). The number of benzene rings is 1. The van der Waals surface area contributed by atoms with Gasteiger partial charge in [-0.1, -0.05) is 18.6 Å². The molecule has 1 aliphatic carbocycles. The Balaban J connectivity index is 1.82. The number of para-hydroxylation sites is 1. The number of aromatic nitrogens is 3. The normalized spacial score (nSPS) is 14.3. The lowest BCUT2D eigenvalue weighted by Gasteiger charge is -2.24. The summed E-state index contributed by atoms with van der Waals surface area (Å²) in [6.45, 7) is 2.41. The van der Waals surface area contributed by atoms with Crippen LogP contribution in [0.2, 0.25) is 0 Å². The van der Waals surface area contributed by atoms with E-state index in [0.29, 0.717) is 17.8 Å². The van der Waals surface area contributed by atoms with Gasteiger partial charge in [0, 0.05) is 23.2 Å². The molecule has 1 fully saturated rings. The number of carbonyl (C=O) groups excluding carboxylic acids is 1. The molecule has 1 amide bonds. The maximum absolute atomic E-state index is 12.5. The van der Waals surface area contributed by atoms with Crippen LogP contribution in [0.5, 0.6) is 0 Å². The Hall–Kier alpha value is -3.02. The Morgan fingerprint density at radius 1 is 1.27 bits per heavy atom. The zero-order chi connectivity index (χ0) is 18.3. The quantitative estimate of drug-likeness (QED) is 0.784. The van der Waals surface area contributed by atoms with Crippen molar-refractivity contribution in [1.82, 2.24) is 14.5 Å². The molecular weight excluding hydrogens is 328 g/mol. The summed E-state index contributed by atoms with van der Waals surface area (Å²) in [6, 6.07) is 9.17. The van der Waals surface area contributed by atoms with Crippen molar-refractivity contribution in [2.24, 2.45) is 5.73 Å². The van der Waals surface area contributed by atoms with Crippen molar-refractivity contribution in [3.8, 4) is 0 Å². The lowest BCUT2D eigenvalue weighted by molar-refractivity contribution is 0.0999. The van der Waals surface area contributed by atoms with Crippen LogP contribution in [0.4, 0.5) is 0 Å². The van der Waals surface area contributed by atoms with Gasteiger partial charge >= 0.3 is 0 Å². The molecule has 1 saturated carbocycles. The molecule has 1 aliphatic rings. The first kappa shape index (κ1) is 16.4. The van der Waals surface area contributed by atoms with Crippen LogP contribution in [0.3, 0.4) is 0 Å². The molecular formula is C20H20N4O2. The van der Waals surface area contributed by atoms with E-state index in [-0.39, 0.29) is 11.0 Å². The van der Waals surface area contributed by atoms with E-state index in [9.17, 15) is 9.59 Å². The molecule has 2 heterocycles. The number of pyridine rings is 1. The van der Waals surface area contributed by atoms with Crippen LogP contribution in [-0.2, 0) is 6.54 Å². The summed E-state index contributed by atoms with van der Waals surface area (Å²) >= 11 is 0. The number of hydrogen-bond donors (Lipinski definition) is 1. The highest BCUT2D eigenvalue weighted by Gasteiger charge is 2.23. The molecule has 0 bridgehead atoms. The van der Waals surface area contributed by atoms with Crippen molar-refractivity contribution in [3.05, 3.63) is 69.5 Å². The number of aryl methyl sites for hydroxylation is 1. The highest BCUT2D eigenvalue weighted by atomic mass is 16.2. The zero-order valence-corrected chi connectivity index (χ0v) is 14.6. The number of primary amides is 1. The first-order valence-corrected chi connectivity index (χ1v) is 8.79. The van der Waals surface area contributed by atoms with Gasteiger partial charge in [0.25, 0.3) is 5.91 Å². The minimum absolute atomic E-state index is 0.00584. The first-order valence-electron chi connectivity index (χ1n) is 8.79. The fourth-order valence-corrected chi connectivity index (χ4v) is 3.41. The van der Waals surface area contributed by atoms with Crippen LogP contribution in [0.15, 0.2) is 41.3 Å². The van der Waals surface area contributed by atoms with E-state index in [1.807, 2.05) is 29.7 Å². The van der Waals surface area contributed by atoms with Crippen LogP contribution in [0, 0.1) is 6.92 Å². The third-order valence-corrected chi connectivity index (χ3v) is 4.98. The monoisotopic (exact) mass is 348 g/mol. The summed E-state index contributed by atoms with van der Waals surface area (Å²) in [5.41, 5.74) is 7.61. The predicted octanol–water partition coefficient (Wildman–Crippen LogP) is 2.51. The molecule has 26 heavy (non-hydrogen) atoms. The third kappa shape index (κ3) is 2.87. The first-order chi connectivity index (χ1) is 12.5. The zero-order valence-electron chi connectivity index (χ0n) is 14.6. The van der Waals surface area contributed by atoms with E-state index in [4.69, 9.17) is 10.7 Å². The lowest BCUT2D eigenvalue weighted by atomic mass is 9.85. The SMILES string of the molecule is Cc1cc(Cn2cc(C(N)=O)c(=O)c3ccccc32)nc(C2CCC2)n1. The fraction of sp³-hybridized carbons (Fsp3) is 0.300. The molecule has 1 aromatic carbocycles. The van der Waals surface area contributed by atoms with Crippen LogP contribution in [0.25, 0.3) is 10.9 Å². The molecule has 3 aromatic rings. The summed E-state index contributed by atoms with van der Waals surface area (Å²) < 4.78 is 1.86. The van der Waals surface area contributed by atoms with E-state index >= 15 is 0 Å². The van der Waals surface area contributed by atoms with Crippen molar-refractivity contribution >= 4 is 16.8 Å². The topological polar surface area (TPSA) is 90.9 Å². The van der Waals surface area contributed by atoms with Crippen LogP contribution in [-0.4, -0.2) is 20.4 Å². The molecule has 6 nitrogen and oxygen atoms in total. The summed E-state index contributed by atoms with van der Waals surface area (Å²) in [4.78, 5) is 33.5. The van der Waals surface area contributed by atoms with Gasteiger partial charge in [0.15, 0.2) is 0 Å². The number of amides is 1. The number of fused-ring (bicyclic) bond motifs is 1. The lowest BCUT2D eigenvalue weighted by Crippen LogP contribution is -2.24. The van der Waals surface area contributed by atoms with Gasteiger partial charge in [0.2, 0.25) is 5.43 Å². The van der Waals surface area contributed by atoms with E-state index in [1.165, 1.54) is 12.6 Å². The number of rotatable bonds is 4. The largest absolute Gasteiger partial charge is 0.365 e. The van der Waals surface area contributed by atoms with Crippen molar-refractivity contribution < 1.29 is 4.79 Å². The summed E-state index contributed by atoms with van der Waals surface area (Å²) in [5.74, 6) is 0.621. The van der Waals surface area contributed by atoms with Crippen molar-refractivity contribution in [3.63, 3.8) is 0 Å². The Labute approximate surface area is 150 Å². The third-order valence-electron chi connectivity index (χ3n) is 4.98. The maximum atomic E-state index is 12.5. The Kier molecular flexibility index (Phi) is 4.03. The smallest absolute Gasteiger partial charge is 0.254 e. The van der Waals surface area contributed by atoms with E-state index in [0.717, 1.165) is 35.6 Å². The summed E-state index contributed by atoms with van der Waals surface area (Å²) in [6.07, 6.45) is 5.03. The van der Waals surface area contributed by atoms with Gasteiger partial charge < -0.3 is 10.3 Å². The average Bonchev–Trinajstić information content (AvgIpc) is 2.55. The highest BCUT2D eigenvalue weighted by molar-refractivity contribution is 5.96. The van der Waals surface area contributed by atoms with E-state index in [2.05, 4.69) is 4.98 Å². The second kappa shape index (κ2) is 6.37. The van der Waals surface area contributed by atoms with Gasteiger partial charge in [-0.2, -0.15) is 0 Å². The fourth-order valence-electron chi connectivity index (χ4n) is 3.41. The number of nitrogens with zero attached hydrogens (tertiary/aromatic N) is 3. The predicted molar refractivity (Wildman–Crippen MR) is 99.2 cm³/mol. The van der Waals surface area contributed by atoms with Crippen molar-refractivity contribution in [2.75, 3.05) is 0 Å². The summed E-state index contributed by atoms with van der Waals surface area (Å²) in [5, 5.41) is 0.480. The number of nitrogens with two attached hydrogens (primary N) is 1. The van der Waals surface area contributed by atoms with Crippen molar-refractivity contribution in [1.29, 1.82) is 0 Å². The van der Waals surface area contributed by atoms with Gasteiger partial charge in [-0.05, 0) is 38.0 Å². The van der Waals surface area contributed by atoms with Gasteiger partial charge in [-0.25, -0.2) is 9.97 Å². The van der Waals surface area contributed by atoms with Gasteiger partial charge in [-0.15, -0.1) is 0 Å². The van der Waals surface area contributed by atoms with Gasteiger partial charge in [0.1, 0.15) is 11.4 Å². The molecule has 0 atom stereocenters. The molecule has 0 spiro atoms.